The van der Waals surface area contributed by atoms with Crippen LogP contribution in [0.3, 0.4) is 0 Å². The summed E-state index contributed by atoms with van der Waals surface area (Å²) in [5, 5.41) is 41.2. The van der Waals surface area contributed by atoms with Crippen LogP contribution in [0.25, 0.3) is 0 Å². The molecule has 6 rings (SSSR count). The second kappa shape index (κ2) is 73.4. The summed E-state index contributed by atoms with van der Waals surface area (Å²) in [6.07, 6.45) is 47.9. The number of rotatable bonds is 39. The number of nitrogens with one attached hydrogen (secondary N) is 1. The second-order valence-electron chi connectivity index (χ2n) is 47.2. The monoisotopic (exact) mass is 1990 g/mol. The molecule has 141 heavy (non-hydrogen) atoms. The number of benzene rings is 1. The van der Waals surface area contributed by atoms with Crippen molar-refractivity contribution in [1.29, 1.82) is 5.26 Å². The van der Waals surface area contributed by atoms with Crippen LogP contribution in [0.15, 0.2) is 61.0 Å². The molecule has 3 aliphatic heterocycles. The molecule has 0 radical (unpaired) electrons. The number of halogens is 2. The second-order valence-corrected chi connectivity index (χ2v) is 47.2. The van der Waals surface area contributed by atoms with Gasteiger partial charge in [0, 0.05) is 35.5 Å². The number of likely N-dealkylation sites (tertiary alicyclic amines) is 2. The van der Waals surface area contributed by atoms with Crippen LogP contribution >= 0.6 is 0 Å². The van der Waals surface area contributed by atoms with E-state index in [0.717, 1.165) is 149 Å². The highest BCUT2D eigenvalue weighted by Crippen LogP contribution is 2.30. The van der Waals surface area contributed by atoms with E-state index in [2.05, 4.69) is 203 Å². The number of hydrogen-bond acceptors (Lipinski definition) is 14. The van der Waals surface area contributed by atoms with E-state index < -0.39 is 6.80 Å². The molecule has 0 amide bonds. The van der Waals surface area contributed by atoms with Crippen molar-refractivity contribution in [3.63, 3.8) is 0 Å². The number of carbonyl (C=O) groups excluding carboxylic acids is 5. The molecule has 1 aromatic heterocycles. The van der Waals surface area contributed by atoms with E-state index in [1.54, 1.807) is 27.9 Å². The summed E-state index contributed by atoms with van der Waals surface area (Å²) in [6, 6.07) is 12.8. The number of hydrogen-bond donors (Lipinski definition) is 4. The van der Waals surface area contributed by atoms with Gasteiger partial charge in [-0.2, -0.15) is 19.1 Å². The minimum absolute atomic E-state index is 0.0651. The third-order valence-corrected chi connectivity index (χ3v) is 22.6. The lowest BCUT2D eigenvalue weighted by Gasteiger charge is -2.37. The van der Waals surface area contributed by atoms with Gasteiger partial charge in [0.15, 0.2) is 18.2 Å². The number of methoxy groups -OCH3 is 2. The van der Waals surface area contributed by atoms with Crippen molar-refractivity contribution in [3.05, 3.63) is 72.4 Å². The SMILES string of the molecule is C#CC[N+](C)(C)C[C@@H](C)C(=O)OC.C#CC[N+](C)(C)C[C@@H](C)C(C)=O.C#CC[N+](C)(C)C[C@H](C)C(=O)OC.C#CC[N+](C)(C)C[C@H](C)C(C)=O.C#CC[N+](C)(C)Cc1ncn[nH]1.C#CC[N+]1(CF)CCCCC1.C#CC[N@@+]1(C)CCC[C@@H]1CO.C=C(CO)C[N+](C)(C)C.C=C(C[N+](C)(C)CF)C(C)=O.CC1OC1C[N+](C)(C)C.C[N+](C)(C)CC#N.C[N+](C)(C)CC1CC1.C[N+](C)(CCO)Cc1ccccc1. The number of Topliss-reactive ketones (excluding diaryl/α,β-unsaturated/α-hetero) is 3. The van der Waals surface area contributed by atoms with E-state index in [1.165, 1.54) is 65.3 Å². The normalized spacial score (nSPS) is 17.0. The molecule has 4 aliphatic rings. The fraction of sp³-hybridized carbons (Fsp3) is 0.712. The van der Waals surface area contributed by atoms with E-state index in [9.17, 15) is 32.8 Å². The van der Waals surface area contributed by atoms with Crippen molar-refractivity contribution in [3.8, 4) is 92.5 Å². The zero-order valence-corrected chi connectivity index (χ0v) is 96.1. The number of aliphatic hydroxyl groups is 3. The van der Waals surface area contributed by atoms with E-state index in [1.807, 2.05) is 123 Å². The van der Waals surface area contributed by atoms with Gasteiger partial charge >= 0.3 is 11.9 Å². The number of alkyl halides is 2. The molecule has 4 fully saturated rings. The Bertz CT molecular complexity index is 4040. The molecule has 4 N–H and O–H groups in total. The number of nitriles is 1. The van der Waals surface area contributed by atoms with Crippen molar-refractivity contribution in [2.45, 2.75) is 132 Å². The van der Waals surface area contributed by atoms with Crippen LogP contribution in [0.1, 0.15) is 112 Å². The standard InChI is InChI=1S/C11H18NO.2C10H18NO2.2C10H18NO.C9H15FN.C9H16NO.C8H15FNO.C8H13N4.2C7H16NO.C7H16N.C5H11N2/c1-12(2,8-9-13)10-11-6-4-3-5-7-11;2*1-6-7-11(3,4)8-9(2)10(12)13-5;2*1-6-7-11(4,5)8-9(2)10(3)12;1-2-6-11(9-10)7-4-3-5-8-11;1-3-6-10(2)7-4-5-9(10)8-11;1-7(8(2)11)5-10(3,4)6-9;1-4-5-12(2,3)6-8-9-7-10-11-8;1-6-7(9-6)5-8(2,3)4;1-7(6-9)5-8(2,3)4;1-8(2,3)6-7-4-5-7;1-7(2,3)5-4-6/h3-7,13H,8-10H2,1-2H3;2*1,9H,7-8H2,2-5H3;2*1,9H,7-8H2,2-5H3;1H,3-9H2;1,9,11H,4-8H2,2H3;1,5-6H2,2-4H3;1,7H,5-6H2,2-3H3,(H,9,10,11);6-7H,5H2,1-4H3;9H,1,5-6H2,2-4H3;7H,4-6H2,1-3H3;5H2,1-3H3/q13*+1/t;4*9-;;9-,10+;;;;;;/m.1010.1....../s1. The van der Waals surface area contributed by atoms with Gasteiger partial charge in [0.1, 0.15) is 133 Å². The molecular weight excluding hydrogens is 1790 g/mol. The van der Waals surface area contributed by atoms with Gasteiger partial charge in [-0.15, -0.1) is 45.0 Å². The Hall–Kier alpha value is -8.62. The number of piperidine rings is 1. The van der Waals surface area contributed by atoms with Crippen LogP contribution in [0.2, 0.25) is 0 Å². The highest BCUT2D eigenvalue weighted by Gasteiger charge is 2.39. The minimum atomic E-state index is -0.480. The summed E-state index contributed by atoms with van der Waals surface area (Å²) in [5.74, 6) is 20.3. The Labute approximate surface area is 860 Å². The smallest absolute Gasteiger partial charge is 0.314 e. The fourth-order valence-electron chi connectivity index (χ4n) is 14.7. The molecule has 804 valence electrons. The zero-order valence-electron chi connectivity index (χ0n) is 96.1. The number of epoxide rings is 1. The third-order valence-electron chi connectivity index (χ3n) is 22.6. The zero-order chi connectivity index (χ0) is 111. The number of H-pyrrole nitrogens is 1. The summed E-state index contributed by atoms with van der Waals surface area (Å²) in [4.78, 5) is 58.9. The van der Waals surface area contributed by atoms with E-state index in [-0.39, 0.29) is 84.1 Å². The summed E-state index contributed by atoms with van der Waals surface area (Å²) in [7, 11) is 58.4. The number of aromatic amines is 1. The largest absolute Gasteiger partial charge is 0.469 e. The van der Waals surface area contributed by atoms with Crippen LogP contribution in [0.4, 0.5) is 8.78 Å². The lowest BCUT2D eigenvalue weighted by atomic mass is 10.1. The number of carbonyl (C=O) groups is 5. The highest BCUT2D eigenvalue weighted by atomic mass is 19.1. The molecule has 28 nitrogen and oxygen atoms in total. The van der Waals surface area contributed by atoms with Crippen LogP contribution in [0, 0.1) is 127 Å². The van der Waals surface area contributed by atoms with E-state index in [4.69, 9.17) is 70.3 Å². The first-order chi connectivity index (χ1) is 64.4. The highest BCUT2D eigenvalue weighted by molar-refractivity contribution is 5.92. The minimum Gasteiger partial charge on any atom is -0.469 e. The fourth-order valence-corrected chi connectivity index (χ4v) is 14.7. The van der Waals surface area contributed by atoms with Gasteiger partial charge in [0.2, 0.25) is 13.6 Å². The molecule has 2 unspecified atom stereocenters. The first-order valence-corrected chi connectivity index (χ1v) is 49.0. The number of likely N-dealkylation sites (N-methyl/N-ethyl adjacent to an activating group) is 5. The summed E-state index contributed by atoms with van der Waals surface area (Å²) < 4.78 is 48.9. The number of ketones is 3. The average molecular weight is 1990 g/mol. The summed E-state index contributed by atoms with van der Waals surface area (Å²) in [5.41, 5.74) is 2.69. The molecule has 2 aromatic rings. The lowest BCUT2D eigenvalue weighted by molar-refractivity contribution is -0.937. The predicted octanol–water partition coefficient (Wildman–Crippen LogP) is 9.06. The molecule has 0 spiro atoms. The quantitative estimate of drug-likeness (QED) is 0.00714. The first kappa shape index (κ1) is 145. The van der Waals surface area contributed by atoms with Gasteiger partial charge in [0.25, 0.3) is 0 Å². The number of terminal acetylenes is 7. The number of quaternary nitrogens is 13. The van der Waals surface area contributed by atoms with Gasteiger partial charge in [-0.05, 0) is 115 Å². The maximum atomic E-state index is 12.6. The molecule has 0 bridgehead atoms. The van der Waals surface area contributed by atoms with Gasteiger partial charge in [0.05, 0.1) is 295 Å². The van der Waals surface area contributed by atoms with Gasteiger partial charge in [-0.25, -0.2) is 4.98 Å². The Morgan fingerprint density at radius 3 is 1.19 bits per heavy atom. The molecule has 3 saturated heterocycles. The number of nitrogens with zero attached hydrogens (tertiary/aromatic N) is 16. The van der Waals surface area contributed by atoms with Crippen LogP contribution in [-0.2, 0) is 51.3 Å². The lowest BCUT2D eigenvalue weighted by Crippen LogP contribution is -2.51. The Morgan fingerprint density at radius 1 is 0.525 bits per heavy atom. The number of ether oxygens (including phenoxy) is 3. The van der Waals surface area contributed by atoms with Crippen molar-refractivity contribution in [2.75, 3.05) is 369 Å². The predicted molar refractivity (Wildman–Crippen MR) is 577 cm³/mol. The number of aromatic nitrogens is 3. The Morgan fingerprint density at radius 2 is 0.929 bits per heavy atom. The first-order valence-electron chi connectivity index (χ1n) is 49.0. The number of aliphatic hydroxyl groups excluding tert-OH is 3. The topological polar surface area (TPSA) is 242 Å². The number of esters is 2. The van der Waals surface area contributed by atoms with Crippen molar-refractivity contribution in [1.82, 2.24) is 15.2 Å². The Balaban J connectivity index is -0.000000277. The Kier molecular flexibility index (Phi) is 75.7. The van der Waals surface area contributed by atoms with Crippen molar-refractivity contribution < 1.29 is 121 Å². The van der Waals surface area contributed by atoms with Gasteiger partial charge < -0.3 is 78.8 Å². The maximum Gasteiger partial charge on any atom is 0.314 e. The van der Waals surface area contributed by atoms with Crippen LogP contribution in [-0.4, -0.2) is 505 Å². The molecular formula is C111H208F2N17O11+13. The molecule has 8 atom stereocenters. The van der Waals surface area contributed by atoms with Crippen LogP contribution in [0.5, 0.6) is 0 Å². The molecule has 1 aromatic carbocycles. The molecule has 30 heteroatoms. The average Bonchev–Trinajstić information content (AvgIpc) is 1.70. The maximum absolute atomic E-state index is 12.6. The van der Waals surface area contributed by atoms with Gasteiger partial charge in [-0.3, -0.25) is 38.0 Å². The van der Waals surface area contributed by atoms with Crippen molar-refractivity contribution >= 4 is 29.3 Å². The molecule has 4 heterocycles. The van der Waals surface area contributed by atoms with Crippen LogP contribution < -0.4 is 0 Å². The van der Waals surface area contributed by atoms with Crippen molar-refractivity contribution in [2.24, 2.45) is 29.6 Å². The van der Waals surface area contributed by atoms with Gasteiger partial charge in [-0.1, -0.05) is 57.3 Å². The van der Waals surface area contributed by atoms with E-state index >= 15 is 0 Å². The summed E-state index contributed by atoms with van der Waals surface area (Å²) >= 11 is 0. The van der Waals surface area contributed by atoms with E-state index in [0.29, 0.717) is 103 Å². The third kappa shape index (κ3) is 87.7. The summed E-state index contributed by atoms with van der Waals surface area (Å²) in [6.45, 7) is 39.1. The molecule has 1 saturated carbocycles. The molecule has 1 aliphatic carbocycles.